The lowest BCUT2D eigenvalue weighted by atomic mass is 10.0. The molecule has 3 rings (SSSR count). The number of morpholine rings is 1. The molecule has 0 saturated carbocycles. The first-order valence-electron chi connectivity index (χ1n) is 9.00. The summed E-state index contributed by atoms with van der Waals surface area (Å²) in [6.45, 7) is 5.62. The van der Waals surface area contributed by atoms with Crippen LogP contribution in [0.2, 0.25) is 0 Å². The number of anilines is 1. The van der Waals surface area contributed by atoms with E-state index in [1.807, 2.05) is 0 Å². The Morgan fingerprint density at radius 2 is 1.71 bits per heavy atom. The zero-order valence-corrected chi connectivity index (χ0v) is 15.8. The number of rotatable bonds is 4. The second-order valence-electron chi connectivity index (χ2n) is 6.73. The van der Waals surface area contributed by atoms with Gasteiger partial charge in [-0.3, -0.25) is 9.59 Å². The van der Waals surface area contributed by atoms with Gasteiger partial charge in [-0.1, -0.05) is 6.07 Å². The normalized spacial score (nSPS) is 13.9. The molecule has 2 aromatic rings. The fourth-order valence-electron chi connectivity index (χ4n) is 3.17. The van der Waals surface area contributed by atoms with Gasteiger partial charge < -0.3 is 20.1 Å². The second-order valence-corrected chi connectivity index (χ2v) is 6.73. The molecule has 28 heavy (non-hydrogen) atoms. The second kappa shape index (κ2) is 8.22. The van der Waals surface area contributed by atoms with E-state index in [2.05, 4.69) is 5.32 Å². The van der Waals surface area contributed by atoms with Crippen LogP contribution in [-0.4, -0.2) is 54.1 Å². The van der Waals surface area contributed by atoms with Gasteiger partial charge in [0.25, 0.3) is 11.8 Å². The van der Waals surface area contributed by atoms with Gasteiger partial charge in [-0.05, 0) is 55.3 Å². The number of aryl methyl sites for hydroxylation is 1. The standard InChI is InChI=1S/C21H22N2O5/c1-13-10-15(12-16(11-13)21(26)27)19(24)22-18-5-3-4-17(14(18)2)20(25)23-6-8-28-9-7-23/h3-5,10-12H,6-9H2,1-2H3,(H,22,24)(H,26,27). The molecule has 0 spiro atoms. The van der Waals surface area contributed by atoms with Crippen LogP contribution in [0.15, 0.2) is 36.4 Å². The molecule has 1 aliphatic rings. The van der Waals surface area contributed by atoms with Gasteiger partial charge in [0.05, 0.1) is 18.8 Å². The third kappa shape index (κ3) is 4.20. The third-order valence-corrected chi connectivity index (χ3v) is 4.70. The number of ether oxygens (including phenoxy) is 1. The van der Waals surface area contributed by atoms with Crippen molar-refractivity contribution in [2.24, 2.45) is 0 Å². The Hall–Kier alpha value is -3.19. The fourth-order valence-corrected chi connectivity index (χ4v) is 3.17. The molecule has 1 fully saturated rings. The summed E-state index contributed by atoms with van der Waals surface area (Å²) in [5, 5.41) is 12.0. The number of nitrogens with one attached hydrogen (secondary N) is 1. The molecule has 2 aromatic carbocycles. The van der Waals surface area contributed by atoms with Gasteiger partial charge in [0.2, 0.25) is 0 Å². The van der Waals surface area contributed by atoms with E-state index in [0.29, 0.717) is 48.7 Å². The van der Waals surface area contributed by atoms with Crippen molar-refractivity contribution in [3.05, 3.63) is 64.2 Å². The molecule has 0 atom stereocenters. The lowest BCUT2D eigenvalue weighted by Crippen LogP contribution is -2.41. The topological polar surface area (TPSA) is 95.9 Å². The SMILES string of the molecule is Cc1cc(C(=O)O)cc(C(=O)Nc2cccc(C(=O)N3CCOCC3)c2C)c1. The van der Waals surface area contributed by atoms with E-state index in [9.17, 15) is 19.5 Å². The summed E-state index contributed by atoms with van der Waals surface area (Å²) in [5.41, 5.74) is 2.69. The van der Waals surface area contributed by atoms with Crippen LogP contribution in [0, 0.1) is 13.8 Å². The minimum absolute atomic E-state index is 0.0538. The molecule has 1 heterocycles. The number of nitrogens with zero attached hydrogens (tertiary/aromatic N) is 1. The maximum absolute atomic E-state index is 12.8. The number of hydrogen-bond donors (Lipinski definition) is 2. The number of carboxylic acids is 1. The Morgan fingerprint density at radius 3 is 2.39 bits per heavy atom. The Bertz CT molecular complexity index is 932. The minimum atomic E-state index is -1.09. The zero-order valence-electron chi connectivity index (χ0n) is 15.8. The number of amides is 2. The highest BCUT2D eigenvalue weighted by atomic mass is 16.5. The molecule has 7 nitrogen and oxygen atoms in total. The minimum Gasteiger partial charge on any atom is -0.478 e. The first-order chi connectivity index (χ1) is 13.4. The summed E-state index contributed by atoms with van der Waals surface area (Å²) in [4.78, 5) is 38.4. The summed E-state index contributed by atoms with van der Waals surface area (Å²) >= 11 is 0. The Balaban J connectivity index is 1.84. The highest BCUT2D eigenvalue weighted by Crippen LogP contribution is 2.22. The first-order valence-corrected chi connectivity index (χ1v) is 9.00. The molecule has 7 heteroatoms. The smallest absolute Gasteiger partial charge is 0.335 e. The molecule has 1 saturated heterocycles. The van der Waals surface area contributed by atoms with E-state index < -0.39 is 11.9 Å². The Morgan fingerprint density at radius 1 is 1.04 bits per heavy atom. The Labute approximate surface area is 162 Å². The van der Waals surface area contributed by atoms with Crippen molar-refractivity contribution in [2.45, 2.75) is 13.8 Å². The predicted octanol–water partition coefficient (Wildman–Crippen LogP) is 2.73. The fraction of sp³-hybridized carbons (Fsp3) is 0.286. The maximum Gasteiger partial charge on any atom is 0.335 e. The first kappa shape index (κ1) is 19.6. The molecule has 0 aromatic heterocycles. The molecule has 1 aliphatic heterocycles. The number of benzene rings is 2. The van der Waals surface area contributed by atoms with Gasteiger partial charge in [0.15, 0.2) is 0 Å². The van der Waals surface area contributed by atoms with Crippen molar-refractivity contribution >= 4 is 23.5 Å². The molecule has 0 radical (unpaired) electrons. The van der Waals surface area contributed by atoms with Crippen molar-refractivity contribution in [1.82, 2.24) is 4.90 Å². The van der Waals surface area contributed by atoms with Crippen LogP contribution in [0.3, 0.4) is 0 Å². The van der Waals surface area contributed by atoms with Crippen LogP contribution < -0.4 is 5.32 Å². The van der Waals surface area contributed by atoms with E-state index in [1.54, 1.807) is 43.0 Å². The summed E-state index contributed by atoms with van der Waals surface area (Å²) in [6.07, 6.45) is 0. The van der Waals surface area contributed by atoms with Crippen LogP contribution in [-0.2, 0) is 4.74 Å². The van der Waals surface area contributed by atoms with Gasteiger partial charge in [-0.15, -0.1) is 0 Å². The average molecular weight is 382 g/mol. The lowest BCUT2D eigenvalue weighted by Gasteiger charge is -2.27. The van der Waals surface area contributed by atoms with Crippen LogP contribution in [0.4, 0.5) is 5.69 Å². The average Bonchev–Trinajstić information content (AvgIpc) is 2.69. The van der Waals surface area contributed by atoms with Gasteiger partial charge in [-0.2, -0.15) is 0 Å². The van der Waals surface area contributed by atoms with E-state index in [-0.39, 0.29) is 17.0 Å². The number of hydrogen-bond acceptors (Lipinski definition) is 4. The molecular weight excluding hydrogens is 360 g/mol. The lowest BCUT2D eigenvalue weighted by molar-refractivity contribution is 0.0302. The van der Waals surface area contributed by atoms with Crippen LogP contribution in [0.25, 0.3) is 0 Å². The van der Waals surface area contributed by atoms with Crippen LogP contribution >= 0.6 is 0 Å². The van der Waals surface area contributed by atoms with Crippen molar-refractivity contribution in [3.63, 3.8) is 0 Å². The van der Waals surface area contributed by atoms with Crippen molar-refractivity contribution in [1.29, 1.82) is 0 Å². The molecule has 2 N–H and O–H groups in total. The van der Waals surface area contributed by atoms with Gasteiger partial charge in [0, 0.05) is 29.9 Å². The maximum atomic E-state index is 12.8. The van der Waals surface area contributed by atoms with Crippen LogP contribution in [0.5, 0.6) is 0 Å². The quantitative estimate of drug-likeness (QED) is 0.848. The molecule has 146 valence electrons. The molecule has 0 unspecified atom stereocenters. The molecule has 2 amide bonds. The summed E-state index contributed by atoms with van der Waals surface area (Å²) in [6, 6.07) is 9.64. The monoisotopic (exact) mass is 382 g/mol. The van der Waals surface area contributed by atoms with E-state index in [4.69, 9.17) is 4.74 Å². The zero-order chi connectivity index (χ0) is 20.3. The van der Waals surface area contributed by atoms with Crippen molar-refractivity contribution in [3.8, 4) is 0 Å². The highest BCUT2D eigenvalue weighted by Gasteiger charge is 2.21. The predicted molar refractivity (Wildman–Crippen MR) is 104 cm³/mol. The van der Waals surface area contributed by atoms with E-state index in [1.165, 1.54) is 12.1 Å². The largest absolute Gasteiger partial charge is 0.478 e. The van der Waals surface area contributed by atoms with E-state index >= 15 is 0 Å². The number of carbonyl (C=O) groups is 3. The molecule has 0 aliphatic carbocycles. The third-order valence-electron chi connectivity index (χ3n) is 4.70. The number of carbonyl (C=O) groups excluding carboxylic acids is 2. The van der Waals surface area contributed by atoms with Crippen LogP contribution in [0.1, 0.15) is 42.2 Å². The number of aromatic carboxylic acids is 1. The van der Waals surface area contributed by atoms with E-state index in [0.717, 1.165) is 0 Å². The van der Waals surface area contributed by atoms with Crippen molar-refractivity contribution in [2.75, 3.05) is 31.6 Å². The number of carboxylic acid groups (broad SMARTS) is 1. The summed E-state index contributed by atoms with van der Waals surface area (Å²) in [7, 11) is 0. The highest BCUT2D eigenvalue weighted by molar-refractivity contribution is 6.07. The van der Waals surface area contributed by atoms with Gasteiger partial charge in [-0.25, -0.2) is 4.79 Å². The summed E-state index contributed by atoms with van der Waals surface area (Å²) in [5.74, 6) is -1.61. The Kier molecular flexibility index (Phi) is 5.75. The van der Waals surface area contributed by atoms with Gasteiger partial charge >= 0.3 is 5.97 Å². The van der Waals surface area contributed by atoms with Gasteiger partial charge in [0.1, 0.15) is 0 Å². The molecule has 0 bridgehead atoms. The molecular formula is C21H22N2O5. The van der Waals surface area contributed by atoms with Crippen molar-refractivity contribution < 1.29 is 24.2 Å². The summed E-state index contributed by atoms with van der Waals surface area (Å²) < 4.78 is 5.28.